The maximum Gasteiger partial charge on any atom is 0.357 e. The van der Waals surface area contributed by atoms with E-state index in [1.54, 1.807) is 10.8 Å². The van der Waals surface area contributed by atoms with E-state index in [-0.39, 0.29) is 16.9 Å². The molecule has 0 saturated carbocycles. The number of nitrogen functional groups attached to an aromatic ring is 1. The summed E-state index contributed by atoms with van der Waals surface area (Å²) in [5, 5.41) is 9.18. The summed E-state index contributed by atoms with van der Waals surface area (Å²) >= 11 is 6.96. The summed E-state index contributed by atoms with van der Waals surface area (Å²) in [6.45, 7) is 2.01. The maximum atomic E-state index is 12.1. The Bertz CT molecular complexity index is 791. The number of methoxy groups -OCH3 is 1. The molecule has 0 aliphatic carbocycles. The van der Waals surface area contributed by atoms with Gasteiger partial charge in [0.1, 0.15) is 6.07 Å². The number of nitrogens with zero attached hydrogens (tertiary/aromatic N) is 2. The van der Waals surface area contributed by atoms with Crippen LogP contribution in [0.3, 0.4) is 0 Å². The average molecular weight is 427 g/mol. The van der Waals surface area contributed by atoms with E-state index in [9.17, 15) is 10.1 Å². The van der Waals surface area contributed by atoms with Crippen molar-refractivity contribution in [2.45, 2.75) is 13.3 Å². The third-order valence-electron chi connectivity index (χ3n) is 3.27. The molecule has 0 amide bonds. The molecule has 1 aromatic carbocycles. The lowest BCUT2D eigenvalue weighted by atomic mass is 10.1. The summed E-state index contributed by atoms with van der Waals surface area (Å²) in [6, 6.07) is 5.83. The van der Waals surface area contributed by atoms with E-state index in [4.69, 9.17) is 10.5 Å². The molecule has 0 fully saturated rings. The molecule has 22 heavy (non-hydrogen) atoms. The summed E-state index contributed by atoms with van der Waals surface area (Å²) in [6.07, 6.45) is 2.29. The van der Waals surface area contributed by atoms with Gasteiger partial charge < -0.3 is 15.0 Å². The van der Waals surface area contributed by atoms with Gasteiger partial charge in [0, 0.05) is 15.1 Å². The first-order chi connectivity index (χ1) is 10.4. The summed E-state index contributed by atoms with van der Waals surface area (Å²) in [5.41, 5.74) is 8.19. The second-order valence-corrected chi connectivity index (χ2v) is 6.30. The minimum atomic E-state index is -0.587. The first kappa shape index (κ1) is 16.6. The average Bonchev–Trinajstić information content (AvgIpc) is 2.81. The summed E-state index contributed by atoms with van der Waals surface area (Å²) < 4.78 is 8.10. The second-order valence-electron chi connectivity index (χ2n) is 4.53. The Morgan fingerprint density at radius 3 is 2.68 bits per heavy atom. The number of aromatic nitrogens is 1. The Hall–Kier alpha value is -1.78. The van der Waals surface area contributed by atoms with Gasteiger partial charge in [-0.1, -0.05) is 22.9 Å². The van der Waals surface area contributed by atoms with E-state index < -0.39 is 5.97 Å². The second kappa shape index (κ2) is 6.55. The molecule has 7 heteroatoms. The van der Waals surface area contributed by atoms with Crippen LogP contribution in [0.5, 0.6) is 0 Å². The highest BCUT2D eigenvalue weighted by atomic mass is 79.9. The van der Waals surface area contributed by atoms with Gasteiger partial charge in [0.05, 0.1) is 24.0 Å². The molecule has 0 radical (unpaired) electrons. The van der Waals surface area contributed by atoms with Crippen LogP contribution in [0, 0.1) is 11.3 Å². The minimum absolute atomic E-state index is 0.117. The lowest BCUT2D eigenvalue weighted by Crippen LogP contribution is -2.12. The van der Waals surface area contributed by atoms with Crippen LogP contribution in [0.25, 0.3) is 5.69 Å². The highest BCUT2D eigenvalue weighted by molar-refractivity contribution is 9.11. The molecule has 0 atom stereocenters. The first-order valence-corrected chi connectivity index (χ1v) is 8.00. The number of rotatable bonds is 3. The zero-order chi connectivity index (χ0) is 16.4. The number of esters is 1. The fraction of sp³-hybridized carbons (Fsp3) is 0.200. The highest BCUT2D eigenvalue weighted by Crippen LogP contribution is 2.33. The van der Waals surface area contributed by atoms with Gasteiger partial charge in [-0.15, -0.1) is 0 Å². The van der Waals surface area contributed by atoms with Crippen molar-refractivity contribution in [3.63, 3.8) is 0 Å². The molecule has 0 bridgehead atoms. The predicted molar refractivity (Wildman–Crippen MR) is 91.0 cm³/mol. The normalized spacial score (nSPS) is 10.3. The molecule has 2 aromatic rings. The molecular formula is C15H13Br2N3O2. The van der Waals surface area contributed by atoms with E-state index in [0.29, 0.717) is 0 Å². The van der Waals surface area contributed by atoms with Crippen molar-refractivity contribution in [1.82, 2.24) is 4.57 Å². The van der Waals surface area contributed by atoms with E-state index >= 15 is 0 Å². The third-order valence-corrected chi connectivity index (χ3v) is 4.33. The fourth-order valence-corrected chi connectivity index (χ4v) is 3.75. The van der Waals surface area contributed by atoms with Crippen LogP contribution in [0.1, 0.15) is 28.5 Å². The van der Waals surface area contributed by atoms with Crippen molar-refractivity contribution in [2.75, 3.05) is 12.8 Å². The number of anilines is 1. The van der Waals surface area contributed by atoms with Gasteiger partial charge in [0.15, 0.2) is 5.69 Å². The number of halogens is 2. The number of carbonyl (C=O) groups excluding carboxylic acids is 1. The van der Waals surface area contributed by atoms with E-state index in [0.717, 1.165) is 26.6 Å². The van der Waals surface area contributed by atoms with Crippen molar-refractivity contribution < 1.29 is 9.53 Å². The van der Waals surface area contributed by atoms with Crippen LogP contribution in [-0.2, 0) is 11.2 Å². The Labute approximate surface area is 144 Å². The molecule has 0 aliphatic rings. The summed E-state index contributed by atoms with van der Waals surface area (Å²) in [5.74, 6) is -0.587. The first-order valence-electron chi connectivity index (χ1n) is 6.42. The Morgan fingerprint density at radius 2 is 2.14 bits per heavy atom. The lowest BCUT2D eigenvalue weighted by Gasteiger charge is -2.15. The third kappa shape index (κ3) is 2.76. The molecule has 2 rings (SSSR count). The topological polar surface area (TPSA) is 81.0 Å². The SMILES string of the molecule is CCc1cc(Br)cc(Br)c1-n1cc(C#N)c(N)c1C(=O)OC. The van der Waals surface area contributed by atoms with Crippen molar-refractivity contribution in [1.29, 1.82) is 5.26 Å². The van der Waals surface area contributed by atoms with Crippen LogP contribution in [0.2, 0.25) is 0 Å². The number of carbonyl (C=O) groups is 1. The molecule has 5 nitrogen and oxygen atoms in total. The molecule has 114 valence electrons. The zero-order valence-corrected chi connectivity index (χ0v) is 15.2. The van der Waals surface area contributed by atoms with Gasteiger partial charge in [-0.2, -0.15) is 5.26 Å². The fourth-order valence-electron chi connectivity index (χ4n) is 2.25. The molecule has 0 spiro atoms. The monoisotopic (exact) mass is 425 g/mol. The highest BCUT2D eigenvalue weighted by Gasteiger charge is 2.24. The molecule has 2 N–H and O–H groups in total. The van der Waals surface area contributed by atoms with Crippen molar-refractivity contribution >= 4 is 43.5 Å². The van der Waals surface area contributed by atoms with Crippen LogP contribution < -0.4 is 5.73 Å². The zero-order valence-electron chi connectivity index (χ0n) is 12.0. The van der Waals surface area contributed by atoms with Gasteiger partial charge in [-0.3, -0.25) is 0 Å². The van der Waals surface area contributed by atoms with Gasteiger partial charge in [0.2, 0.25) is 0 Å². The molecular weight excluding hydrogens is 414 g/mol. The lowest BCUT2D eigenvalue weighted by molar-refractivity contribution is 0.0593. The van der Waals surface area contributed by atoms with Crippen LogP contribution in [-0.4, -0.2) is 17.6 Å². The molecule has 0 saturated heterocycles. The van der Waals surface area contributed by atoms with Crippen LogP contribution >= 0.6 is 31.9 Å². The smallest absolute Gasteiger partial charge is 0.357 e. The van der Waals surface area contributed by atoms with E-state index in [1.165, 1.54) is 7.11 Å². The Morgan fingerprint density at radius 1 is 1.45 bits per heavy atom. The standard InChI is InChI=1S/C15H13Br2N3O2/c1-3-8-4-10(16)5-11(17)13(8)20-7-9(6-18)12(19)14(20)15(21)22-2/h4-5,7H,3,19H2,1-2H3. The summed E-state index contributed by atoms with van der Waals surface area (Å²) in [7, 11) is 1.28. The maximum absolute atomic E-state index is 12.1. The number of nitrogens with two attached hydrogens (primary N) is 1. The summed E-state index contributed by atoms with van der Waals surface area (Å²) in [4.78, 5) is 12.1. The molecule has 1 aromatic heterocycles. The largest absolute Gasteiger partial charge is 0.464 e. The van der Waals surface area contributed by atoms with E-state index in [2.05, 4.69) is 31.9 Å². The van der Waals surface area contributed by atoms with Gasteiger partial charge >= 0.3 is 5.97 Å². The van der Waals surface area contributed by atoms with Crippen molar-refractivity contribution in [3.05, 3.63) is 44.1 Å². The Balaban J connectivity index is 2.84. The number of aryl methyl sites for hydroxylation is 1. The number of nitriles is 1. The number of hydrogen-bond donors (Lipinski definition) is 1. The minimum Gasteiger partial charge on any atom is -0.464 e. The van der Waals surface area contributed by atoms with Crippen LogP contribution in [0.15, 0.2) is 27.3 Å². The number of hydrogen-bond acceptors (Lipinski definition) is 4. The van der Waals surface area contributed by atoms with Gasteiger partial charge in [-0.25, -0.2) is 4.79 Å². The van der Waals surface area contributed by atoms with Crippen molar-refractivity contribution in [2.24, 2.45) is 0 Å². The van der Waals surface area contributed by atoms with Gasteiger partial charge in [0.25, 0.3) is 0 Å². The number of ether oxygens (including phenoxy) is 1. The number of benzene rings is 1. The van der Waals surface area contributed by atoms with E-state index in [1.807, 2.05) is 25.1 Å². The van der Waals surface area contributed by atoms with Gasteiger partial charge in [-0.05, 0) is 40.0 Å². The Kier molecular flexibility index (Phi) is 4.94. The molecule has 1 heterocycles. The van der Waals surface area contributed by atoms with Crippen LogP contribution in [0.4, 0.5) is 5.69 Å². The molecule has 0 aliphatic heterocycles. The molecule has 0 unspecified atom stereocenters. The quantitative estimate of drug-likeness (QED) is 0.756. The van der Waals surface area contributed by atoms with Crippen molar-refractivity contribution in [3.8, 4) is 11.8 Å². The predicted octanol–water partition coefficient (Wildman–Crippen LogP) is 3.81.